The minimum atomic E-state index is 0.353. The summed E-state index contributed by atoms with van der Waals surface area (Å²) >= 11 is 0. The van der Waals surface area contributed by atoms with Gasteiger partial charge in [0.1, 0.15) is 11.6 Å². The van der Waals surface area contributed by atoms with Crippen molar-refractivity contribution in [2.24, 2.45) is 5.73 Å². The summed E-state index contributed by atoms with van der Waals surface area (Å²) in [6.45, 7) is 0.692. The molecule has 6 heteroatoms. The Hall–Kier alpha value is -2.99. The van der Waals surface area contributed by atoms with E-state index < -0.39 is 0 Å². The second-order valence-corrected chi connectivity index (χ2v) is 7.33. The minimum absolute atomic E-state index is 0.353. The zero-order valence-corrected chi connectivity index (χ0v) is 15.9. The van der Waals surface area contributed by atoms with E-state index in [-0.39, 0.29) is 0 Å². The van der Waals surface area contributed by atoms with Crippen molar-refractivity contribution in [3.05, 3.63) is 66.7 Å². The van der Waals surface area contributed by atoms with Gasteiger partial charge in [0.15, 0.2) is 0 Å². The summed E-state index contributed by atoms with van der Waals surface area (Å²) < 4.78 is 0. The first-order valence-electron chi connectivity index (χ1n) is 9.83. The summed E-state index contributed by atoms with van der Waals surface area (Å²) in [7, 11) is 0. The number of nitrogens with two attached hydrogens (primary N) is 1. The summed E-state index contributed by atoms with van der Waals surface area (Å²) in [5.41, 5.74) is 9.36. The van der Waals surface area contributed by atoms with Crippen molar-refractivity contribution in [1.82, 2.24) is 15.0 Å². The summed E-state index contributed by atoms with van der Waals surface area (Å²) in [5.74, 6) is 1.76. The van der Waals surface area contributed by atoms with Gasteiger partial charge >= 0.3 is 0 Å². The smallest absolute Gasteiger partial charge is 0.126 e. The number of aromatic nitrogens is 3. The number of nitrogens with one attached hydrogen (secondary N) is 2. The molecular formula is C22H26N6. The average Bonchev–Trinajstić information content (AvgIpc) is 2.75. The Labute approximate surface area is 165 Å². The molecule has 28 heavy (non-hydrogen) atoms. The Morgan fingerprint density at radius 2 is 1.61 bits per heavy atom. The highest BCUT2D eigenvalue weighted by molar-refractivity contribution is 5.68. The normalized spacial score (nSPS) is 19.2. The molecular weight excluding hydrogens is 348 g/mol. The molecule has 1 aliphatic rings. The number of hydrogen-bond donors (Lipinski definition) is 3. The second-order valence-electron chi connectivity index (χ2n) is 7.33. The van der Waals surface area contributed by atoms with Crippen molar-refractivity contribution in [3.8, 4) is 11.1 Å². The Balaban J connectivity index is 1.43. The van der Waals surface area contributed by atoms with Crippen LogP contribution in [0.2, 0.25) is 0 Å². The summed E-state index contributed by atoms with van der Waals surface area (Å²) in [5, 5.41) is 6.93. The first-order valence-corrected chi connectivity index (χ1v) is 9.83. The van der Waals surface area contributed by atoms with E-state index in [0.29, 0.717) is 18.6 Å². The molecule has 0 spiro atoms. The van der Waals surface area contributed by atoms with E-state index in [0.717, 1.165) is 54.0 Å². The molecule has 1 aliphatic carbocycles. The van der Waals surface area contributed by atoms with Crippen LogP contribution in [-0.4, -0.2) is 27.0 Å². The summed E-state index contributed by atoms with van der Waals surface area (Å²) in [6.07, 6.45) is 11.7. The van der Waals surface area contributed by atoms with Crippen LogP contribution >= 0.6 is 0 Å². The van der Waals surface area contributed by atoms with Crippen LogP contribution in [0.25, 0.3) is 11.1 Å². The first kappa shape index (κ1) is 18.4. The molecule has 3 aromatic rings. The third kappa shape index (κ3) is 4.84. The quantitative estimate of drug-likeness (QED) is 0.608. The summed E-state index contributed by atoms with van der Waals surface area (Å²) in [6, 6.07) is 13.0. The molecule has 0 amide bonds. The molecule has 1 saturated carbocycles. The fourth-order valence-corrected chi connectivity index (χ4v) is 3.56. The number of pyridine rings is 3. The van der Waals surface area contributed by atoms with Crippen LogP contribution in [0.1, 0.15) is 31.2 Å². The van der Waals surface area contributed by atoms with Gasteiger partial charge in [-0.3, -0.25) is 4.98 Å². The van der Waals surface area contributed by atoms with Crippen LogP contribution in [0.5, 0.6) is 0 Å². The molecule has 0 unspecified atom stereocenters. The van der Waals surface area contributed by atoms with E-state index in [9.17, 15) is 0 Å². The van der Waals surface area contributed by atoms with Gasteiger partial charge in [-0.25, -0.2) is 9.97 Å². The van der Waals surface area contributed by atoms with Crippen LogP contribution in [0.4, 0.5) is 11.6 Å². The SMILES string of the molecule is N[C@H]1CC[C@H](Nc2cc(-c3ccnc(NCc4cccnc4)c3)ccn2)CC1. The molecule has 0 radical (unpaired) electrons. The predicted molar refractivity (Wildman–Crippen MR) is 113 cm³/mol. The number of hydrogen-bond acceptors (Lipinski definition) is 6. The van der Waals surface area contributed by atoms with Gasteiger partial charge in [0, 0.05) is 43.4 Å². The van der Waals surface area contributed by atoms with E-state index >= 15 is 0 Å². The third-order valence-corrected chi connectivity index (χ3v) is 5.17. The Morgan fingerprint density at radius 1 is 0.893 bits per heavy atom. The van der Waals surface area contributed by atoms with Crippen LogP contribution in [0, 0.1) is 0 Å². The zero-order chi connectivity index (χ0) is 19.2. The van der Waals surface area contributed by atoms with Crippen molar-refractivity contribution in [1.29, 1.82) is 0 Å². The van der Waals surface area contributed by atoms with Crippen molar-refractivity contribution in [2.75, 3.05) is 10.6 Å². The fraction of sp³-hybridized carbons (Fsp3) is 0.318. The van der Waals surface area contributed by atoms with Crippen molar-refractivity contribution in [2.45, 2.75) is 44.3 Å². The standard InChI is InChI=1S/C22H26N6/c23-19-3-5-20(6-4-19)28-22-13-18(8-11-26-22)17-7-10-25-21(12-17)27-15-16-2-1-9-24-14-16/h1-2,7-14,19-20H,3-6,15,23H2,(H,25,27)(H,26,28)/t19-,20-. The maximum atomic E-state index is 6.01. The molecule has 0 saturated heterocycles. The second kappa shape index (κ2) is 8.80. The molecule has 4 N–H and O–H groups in total. The maximum absolute atomic E-state index is 6.01. The van der Waals surface area contributed by atoms with E-state index in [1.54, 1.807) is 6.20 Å². The first-order chi connectivity index (χ1) is 13.8. The van der Waals surface area contributed by atoms with Gasteiger partial charge in [-0.05, 0) is 72.7 Å². The fourth-order valence-electron chi connectivity index (χ4n) is 3.56. The molecule has 3 heterocycles. The van der Waals surface area contributed by atoms with E-state index in [2.05, 4.69) is 37.7 Å². The highest BCUT2D eigenvalue weighted by Gasteiger charge is 2.18. The van der Waals surface area contributed by atoms with Gasteiger partial charge in [0.05, 0.1) is 0 Å². The van der Waals surface area contributed by atoms with E-state index in [1.807, 2.05) is 42.9 Å². The molecule has 0 aromatic carbocycles. The molecule has 0 atom stereocenters. The lowest BCUT2D eigenvalue weighted by molar-refractivity contribution is 0.410. The van der Waals surface area contributed by atoms with Crippen LogP contribution < -0.4 is 16.4 Å². The highest BCUT2D eigenvalue weighted by Crippen LogP contribution is 2.25. The third-order valence-electron chi connectivity index (χ3n) is 5.17. The van der Waals surface area contributed by atoms with Crippen molar-refractivity contribution in [3.63, 3.8) is 0 Å². The Kier molecular flexibility index (Phi) is 5.77. The summed E-state index contributed by atoms with van der Waals surface area (Å²) in [4.78, 5) is 13.1. The van der Waals surface area contributed by atoms with Crippen molar-refractivity contribution >= 4 is 11.6 Å². The number of anilines is 2. The molecule has 0 bridgehead atoms. The lowest BCUT2D eigenvalue weighted by atomic mass is 9.92. The lowest BCUT2D eigenvalue weighted by Gasteiger charge is -2.27. The molecule has 1 fully saturated rings. The molecule has 0 aliphatic heterocycles. The van der Waals surface area contributed by atoms with Gasteiger partial charge in [-0.15, -0.1) is 0 Å². The van der Waals surface area contributed by atoms with Gasteiger partial charge in [0.2, 0.25) is 0 Å². The van der Waals surface area contributed by atoms with E-state index in [1.165, 1.54) is 0 Å². The number of rotatable bonds is 6. The highest BCUT2D eigenvalue weighted by atomic mass is 15.0. The molecule has 4 rings (SSSR count). The van der Waals surface area contributed by atoms with Gasteiger partial charge in [0.25, 0.3) is 0 Å². The zero-order valence-electron chi connectivity index (χ0n) is 15.9. The van der Waals surface area contributed by atoms with E-state index in [4.69, 9.17) is 5.73 Å². The largest absolute Gasteiger partial charge is 0.367 e. The van der Waals surface area contributed by atoms with Gasteiger partial charge in [-0.2, -0.15) is 0 Å². The van der Waals surface area contributed by atoms with Gasteiger partial charge < -0.3 is 16.4 Å². The van der Waals surface area contributed by atoms with Crippen LogP contribution in [-0.2, 0) is 6.54 Å². The molecule has 6 nitrogen and oxygen atoms in total. The molecule has 3 aromatic heterocycles. The average molecular weight is 374 g/mol. The number of nitrogens with zero attached hydrogens (tertiary/aromatic N) is 3. The predicted octanol–water partition coefficient (Wildman–Crippen LogP) is 3.83. The van der Waals surface area contributed by atoms with Crippen molar-refractivity contribution < 1.29 is 0 Å². The topological polar surface area (TPSA) is 88.8 Å². The van der Waals surface area contributed by atoms with Crippen LogP contribution in [0.15, 0.2) is 61.2 Å². The Morgan fingerprint density at radius 3 is 2.32 bits per heavy atom. The lowest BCUT2D eigenvalue weighted by Crippen LogP contribution is -2.32. The minimum Gasteiger partial charge on any atom is -0.367 e. The van der Waals surface area contributed by atoms with Crippen LogP contribution in [0.3, 0.4) is 0 Å². The molecule has 144 valence electrons. The monoisotopic (exact) mass is 374 g/mol. The Bertz CT molecular complexity index is 890. The van der Waals surface area contributed by atoms with Gasteiger partial charge in [-0.1, -0.05) is 6.07 Å². The maximum Gasteiger partial charge on any atom is 0.126 e.